The molecule has 1 N–H and O–H groups in total. The molecule has 1 aromatic rings. The molecule has 0 fully saturated rings. The predicted octanol–water partition coefficient (Wildman–Crippen LogP) is 3.49. The van der Waals surface area contributed by atoms with E-state index in [9.17, 15) is 5.11 Å². The second-order valence-electron chi connectivity index (χ2n) is 3.30. The van der Waals surface area contributed by atoms with Crippen molar-refractivity contribution in [3.63, 3.8) is 0 Å². The molecule has 1 atom stereocenters. The molecule has 14 heavy (non-hydrogen) atoms. The van der Waals surface area contributed by atoms with Gasteiger partial charge in [-0.15, -0.1) is 6.58 Å². The van der Waals surface area contributed by atoms with E-state index >= 15 is 0 Å². The minimum absolute atomic E-state index is 0.204. The summed E-state index contributed by atoms with van der Waals surface area (Å²) in [5.41, 5.74) is 1.19. The van der Waals surface area contributed by atoms with Crippen molar-refractivity contribution >= 4 is 15.9 Å². The lowest BCUT2D eigenvalue weighted by molar-refractivity contribution is 0.260. The van der Waals surface area contributed by atoms with Crippen LogP contribution in [0, 0.1) is 0 Å². The smallest absolute Gasteiger partial charge is 0.0499 e. The molecular formula is C12H15BrO. The molecule has 0 heterocycles. The van der Waals surface area contributed by atoms with E-state index in [4.69, 9.17) is 0 Å². The molecule has 1 aromatic carbocycles. The van der Waals surface area contributed by atoms with Crippen LogP contribution >= 0.6 is 15.9 Å². The quantitative estimate of drug-likeness (QED) is 0.798. The molecule has 0 saturated carbocycles. The Morgan fingerprint density at radius 2 is 2.00 bits per heavy atom. The lowest BCUT2D eigenvalue weighted by Gasteiger charge is -2.13. The average molecular weight is 255 g/mol. The number of allylic oxidation sites excluding steroid dienone is 1. The van der Waals surface area contributed by atoms with E-state index in [-0.39, 0.29) is 12.5 Å². The van der Waals surface area contributed by atoms with Crippen LogP contribution in [0.4, 0.5) is 0 Å². The van der Waals surface area contributed by atoms with Gasteiger partial charge in [0.15, 0.2) is 0 Å². The van der Waals surface area contributed by atoms with Crippen molar-refractivity contribution in [2.75, 3.05) is 6.61 Å². The number of aliphatic hydroxyl groups excluding tert-OH is 1. The van der Waals surface area contributed by atoms with Gasteiger partial charge >= 0.3 is 0 Å². The number of benzene rings is 1. The second-order valence-corrected chi connectivity index (χ2v) is 4.21. The zero-order valence-corrected chi connectivity index (χ0v) is 9.70. The standard InChI is InChI=1S/C12H15BrO/c1-2-3-4-11(9-14)10-5-7-12(13)8-6-10/h2,5-8,11,14H,1,3-4,9H2. The van der Waals surface area contributed by atoms with Gasteiger partial charge in [0.25, 0.3) is 0 Å². The van der Waals surface area contributed by atoms with Gasteiger partial charge < -0.3 is 5.11 Å². The lowest BCUT2D eigenvalue weighted by atomic mass is 9.95. The van der Waals surface area contributed by atoms with Gasteiger partial charge in [-0.1, -0.05) is 34.1 Å². The molecule has 0 aliphatic carbocycles. The van der Waals surface area contributed by atoms with Gasteiger partial charge in [-0.05, 0) is 30.5 Å². The van der Waals surface area contributed by atoms with Crippen LogP contribution < -0.4 is 0 Å². The highest BCUT2D eigenvalue weighted by atomic mass is 79.9. The molecule has 1 nitrogen and oxygen atoms in total. The fraction of sp³-hybridized carbons (Fsp3) is 0.333. The molecule has 1 unspecified atom stereocenters. The maximum absolute atomic E-state index is 9.23. The monoisotopic (exact) mass is 254 g/mol. The van der Waals surface area contributed by atoms with Crippen LogP contribution in [0.15, 0.2) is 41.4 Å². The fourth-order valence-corrected chi connectivity index (χ4v) is 1.68. The zero-order valence-electron chi connectivity index (χ0n) is 8.12. The Kier molecular flexibility index (Phi) is 4.91. The minimum atomic E-state index is 0.204. The maximum Gasteiger partial charge on any atom is 0.0499 e. The van der Waals surface area contributed by atoms with Crippen LogP contribution in [0.1, 0.15) is 24.3 Å². The highest BCUT2D eigenvalue weighted by Gasteiger charge is 2.08. The molecule has 0 aliphatic rings. The molecule has 0 amide bonds. The van der Waals surface area contributed by atoms with Crippen LogP contribution in [0.5, 0.6) is 0 Å². The summed E-state index contributed by atoms with van der Waals surface area (Å²) in [5, 5.41) is 9.23. The van der Waals surface area contributed by atoms with Crippen LogP contribution in [-0.4, -0.2) is 11.7 Å². The molecular weight excluding hydrogens is 240 g/mol. The summed E-state index contributed by atoms with van der Waals surface area (Å²) in [7, 11) is 0. The highest BCUT2D eigenvalue weighted by molar-refractivity contribution is 9.10. The van der Waals surface area contributed by atoms with Crippen molar-refractivity contribution in [3.05, 3.63) is 47.0 Å². The molecule has 0 bridgehead atoms. The first-order valence-electron chi connectivity index (χ1n) is 4.75. The van der Waals surface area contributed by atoms with E-state index < -0.39 is 0 Å². The Morgan fingerprint density at radius 1 is 1.36 bits per heavy atom. The zero-order chi connectivity index (χ0) is 10.4. The third kappa shape index (κ3) is 3.28. The highest BCUT2D eigenvalue weighted by Crippen LogP contribution is 2.22. The van der Waals surface area contributed by atoms with Crippen LogP contribution in [-0.2, 0) is 0 Å². The number of aliphatic hydroxyl groups is 1. The summed E-state index contributed by atoms with van der Waals surface area (Å²) in [6, 6.07) is 8.11. The van der Waals surface area contributed by atoms with Gasteiger partial charge in [-0.2, -0.15) is 0 Å². The van der Waals surface area contributed by atoms with E-state index in [0.717, 1.165) is 17.3 Å². The molecule has 2 heteroatoms. The van der Waals surface area contributed by atoms with E-state index in [1.165, 1.54) is 5.56 Å². The van der Waals surface area contributed by atoms with E-state index in [0.29, 0.717) is 0 Å². The summed E-state index contributed by atoms with van der Waals surface area (Å²) in [6.45, 7) is 3.89. The van der Waals surface area contributed by atoms with Crippen molar-refractivity contribution in [2.24, 2.45) is 0 Å². The van der Waals surface area contributed by atoms with Crippen molar-refractivity contribution in [1.82, 2.24) is 0 Å². The molecule has 0 radical (unpaired) electrons. The van der Waals surface area contributed by atoms with Crippen molar-refractivity contribution in [3.8, 4) is 0 Å². The summed E-state index contributed by atoms with van der Waals surface area (Å²) in [6.07, 6.45) is 3.80. The second kappa shape index (κ2) is 5.99. The normalized spacial score (nSPS) is 12.4. The SMILES string of the molecule is C=CCCC(CO)c1ccc(Br)cc1. The van der Waals surface area contributed by atoms with Gasteiger partial charge in [0.05, 0.1) is 0 Å². The lowest BCUT2D eigenvalue weighted by Crippen LogP contribution is -2.03. The van der Waals surface area contributed by atoms with Gasteiger partial charge in [-0.3, -0.25) is 0 Å². The van der Waals surface area contributed by atoms with Crippen molar-refractivity contribution < 1.29 is 5.11 Å². The third-order valence-corrected chi connectivity index (χ3v) is 2.81. The van der Waals surface area contributed by atoms with E-state index in [1.54, 1.807) is 0 Å². The Morgan fingerprint density at radius 3 is 2.50 bits per heavy atom. The van der Waals surface area contributed by atoms with Crippen LogP contribution in [0.25, 0.3) is 0 Å². The van der Waals surface area contributed by atoms with E-state index in [2.05, 4.69) is 22.5 Å². The fourth-order valence-electron chi connectivity index (χ4n) is 1.42. The van der Waals surface area contributed by atoms with Gasteiger partial charge in [0, 0.05) is 17.0 Å². The van der Waals surface area contributed by atoms with Gasteiger partial charge in [0.2, 0.25) is 0 Å². The Bertz CT molecular complexity index is 279. The molecule has 1 rings (SSSR count). The van der Waals surface area contributed by atoms with Crippen LogP contribution in [0.2, 0.25) is 0 Å². The molecule has 0 saturated heterocycles. The maximum atomic E-state index is 9.23. The first-order chi connectivity index (χ1) is 6.77. The first kappa shape index (κ1) is 11.5. The summed E-state index contributed by atoms with van der Waals surface area (Å²) in [4.78, 5) is 0. The summed E-state index contributed by atoms with van der Waals surface area (Å²) >= 11 is 3.39. The minimum Gasteiger partial charge on any atom is -0.396 e. The number of rotatable bonds is 5. The Labute approximate surface area is 93.6 Å². The number of hydrogen-bond donors (Lipinski definition) is 1. The van der Waals surface area contributed by atoms with Gasteiger partial charge in [-0.25, -0.2) is 0 Å². The number of halogens is 1. The topological polar surface area (TPSA) is 20.2 Å². The first-order valence-corrected chi connectivity index (χ1v) is 5.54. The molecule has 0 aromatic heterocycles. The average Bonchev–Trinajstić information content (AvgIpc) is 2.21. The van der Waals surface area contributed by atoms with Crippen molar-refractivity contribution in [1.29, 1.82) is 0 Å². The van der Waals surface area contributed by atoms with E-state index in [1.807, 2.05) is 30.3 Å². The molecule has 0 spiro atoms. The van der Waals surface area contributed by atoms with Crippen LogP contribution in [0.3, 0.4) is 0 Å². The summed E-state index contributed by atoms with van der Waals surface area (Å²) < 4.78 is 1.07. The van der Waals surface area contributed by atoms with Crippen molar-refractivity contribution in [2.45, 2.75) is 18.8 Å². The molecule has 76 valence electrons. The largest absolute Gasteiger partial charge is 0.396 e. The number of hydrogen-bond acceptors (Lipinski definition) is 1. The Balaban J connectivity index is 2.68. The summed E-state index contributed by atoms with van der Waals surface area (Å²) in [5.74, 6) is 0.237. The third-order valence-electron chi connectivity index (χ3n) is 2.28. The molecule has 0 aliphatic heterocycles. The Hall–Kier alpha value is -0.600. The van der Waals surface area contributed by atoms with Gasteiger partial charge in [0.1, 0.15) is 0 Å². The predicted molar refractivity (Wildman–Crippen MR) is 63.4 cm³/mol.